The normalized spacial score (nSPS) is 20.2. The summed E-state index contributed by atoms with van der Waals surface area (Å²) in [6, 6.07) is 5.14. The van der Waals surface area contributed by atoms with Gasteiger partial charge in [-0.05, 0) is 42.4 Å². The number of sulfonamides is 1. The van der Waals surface area contributed by atoms with Crippen molar-refractivity contribution in [1.82, 2.24) is 4.72 Å². The molecular formula is C12H18N2O2S2. The second kappa shape index (κ2) is 5.50. The van der Waals surface area contributed by atoms with E-state index in [0.29, 0.717) is 23.7 Å². The summed E-state index contributed by atoms with van der Waals surface area (Å²) in [7, 11) is -3.49. The Balaban J connectivity index is 2.15. The van der Waals surface area contributed by atoms with Crippen LogP contribution in [0.1, 0.15) is 12.0 Å². The van der Waals surface area contributed by atoms with E-state index >= 15 is 0 Å². The minimum atomic E-state index is -3.49. The number of nitrogens with one attached hydrogen (secondary N) is 1. The van der Waals surface area contributed by atoms with Crippen LogP contribution in [0.5, 0.6) is 0 Å². The molecule has 1 saturated heterocycles. The molecule has 6 heteroatoms. The highest BCUT2D eigenvalue weighted by Gasteiger charge is 2.22. The lowest BCUT2D eigenvalue weighted by Gasteiger charge is -2.13. The Labute approximate surface area is 112 Å². The molecule has 1 aliphatic heterocycles. The fourth-order valence-electron chi connectivity index (χ4n) is 2.09. The maximum atomic E-state index is 12.2. The summed E-state index contributed by atoms with van der Waals surface area (Å²) < 4.78 is 27.1. The molecule has 1 heterocycles. The molecule has 3 N–H and O–H groups in total. The van der Waals surface area contributed by atoms with Crippen LogP contribution in [-0.2, 0) is 10.0 Å². The molecule has 1 aromatic rings. The van der Waals surface area contributed by atoms with E-state index in [0.717, 1.165) is 17.9 Å². The van der Waals surface area contributed by atoms with Gasteiger partial charge in [-0.25, -0.2) is 13.1 Å². The van der Waals surface area contributed by atoms with Crippen molar-refractivity contribution in [2.45, 2.75) is 18.2 Å². The zero-order valence-electron chi connectivity index (χ0n) is 10.3. The van der Waals surface area contributed by atoms with E-state index in [9.17, 15) is 8.42 Å². The molecule has 0 aromatic heterocycles. The molecule has 0 saturated carbocycles. The van der Waals surface area contributed by atoms with E-state index in [4.69, 9.17) is 5.73 Å². The van der Waals surface area contributed by atoms with Gasteiger partial charge in [0.15, 0.2) is 0 Å². The fraction of sp³-hybridized carbons (Fsp3) is 0.500. The number of hydrogen-bond donors (Lipinski definition) is 2. The average molecular weight is 286 g/mol. The molecule has 1 aromatic carbocycles. The average Bonchev–Trinajstić information content (AvgIpc) is 2.78. The van der Waals surface area contributed by atoms with E-state index in [-0.39, 0.29) is 4.90 Å². The number of nitrogens with two attached hydrogens (primary N) is 1. The standard InChI is InChI=1S/C12H18N2O2S2/c1-9-3-2-4-11(13)12(9)18(15,16)14-7-10-5-6-17-8-10/h2-4,10,14H,5-8,13H2,1H3. The van der Waals surface area contributed by atoms with Crippen molar-refractivity contribution in [1.29, 1.82) is 0 Å². The van der Waals surface area contributed by atoms with Gasteiger partial charge in [0.25, 0.3) is 0 Å². The van der Waals surface area contributed by atoms with E-state index in [1.54, 1.807) is 25.1 Å². The number of hydrogen-bond acceptors (Lipinski definition) is 4. The van der Waals surface area contributed by atoms with Crippen LogP contribution in [0.2, 0.25) is 0 Å². The van der Waals surface area contributed by atoms with Gasteiger partial charge < -0.3 is 5.73 Å². The minimum absolute atomic E-state index is 0.218. The van der Waals surface area contributed by atoms with Crippen LogP contribution in [-0.4, -0.2) is 26.5 Å². The van der Waals surface area contributed by atoms with Crippen molar-refractivity contribution in [2.24, 2.45) is 5.92 Å². The van der Waals surface area contributed by atoms with Crippen LogP contribution in [0.25, 0.3) is 0 Å². The molecular weight excluding hydrogens is 268 g/mol. The van der Waals surface area contributed by atoms with Crippen molar-refractivity contribution in [3.8, 4) is 0 Å². The lowest BCUT2D eigenvalue weighted by atomic mass is 10.1. The van der Waals surface area contributed by atoms with Gasteiger partial charge in [-0.15, -0.1) is 0 Å². The Morgan fingerprint density at radius 3 is 2.89 bits per heavy atom. The van der Waals surface area contributed by atoms with Crippen molar-refractivity contribution in [3.63, 3.8) is 0 Å². The zero-order chi connectivity index (χ0) is 13.2. The molecule has 2 rings (SSSR count). The molecule has 1 unspecified atom stereocenters. The number of nitrogen functional groups attached to an aromatic ring is 1. The Hall–Kier alpha value is -0.720. The van der Waals surface area contributed by atoms with Gasteiger partial charge in [0, 0.05) is 6.54 Å². The molecule has 1 fully saturated rings. The second-order valence-electron chi connectivity index (χ2n) is 4.57. The van der Waals surface area contributed by atoms with E-state index in [1.165, 1.54) is 0 Å². The summed E-state index contributed by atoms with van der Waals surface area (Å²) in [5, 5.41) is 0. The van der Waals surface area contributed by atoms with Crippen LogP contribution in [0.4, 0.5) is 5.69 Å². The lowest BCUT2D eigenvalue weighted by molar-refractivity contribution is 0.545. The number of thioether (sulfide) groups is 1. The first-order valence-electron chi connectivity index (χ1n) is 5.93. The third-order valence-electron chi connectivity index (χ3n) is 3.10. The largest absolute Gasteiger partial charge is 0.398 e. The summed E-state index contributed by atoms with van der Waals surface area (Å²) in [6.45, 7) is 2.26. The smallest absolute Gasteiger partial charge is 0.242 e. The number of rotatable bonds is 4. The van der Waals surface area contributed by atoms with Crippen LogP contribution >= 0.6 is 11.8 Å². The quantitative estimate of drug-likeness (QED) is 0.825. The summed E-state index contributed by atoms with van der Waals surface area (Å²) in [5.74, 6) is 2.60. The van der Waals surface area contributed by atoms with Crippen LogP contribution in [0, 0.1) is 12.8 Å². The molecule has 1 atom stereocenters. The first-order valence-corrected chi connectivity index (χ1v) is 8.57. The molecule has 0 amide bonds. The summed E-state index contributed by atoms with van der Waals surface area (Å²) in [6.07, 6.45) is 1.08. The highest BCUT2D eigenvalue weighted by atomic mass is 32.2. The predicted octanol–water partition coefficient (Wildman–Crippen LogP) is 1.61. The zero-order valence-corrected chi connectivity index (χ0v) is 12.0. The van der Waals surface area contributed by atoms with Gasteiger partial charge in [0.05, 0.1) is 5.69 Å². The van der Waals surface area contributed by atoms with E-state index < -0.39 is 10.0 Å². The topological polar surface area (TPSA) is 72.2 Å². The molecule has 0 radical (unpaired) electrons. The van der Waals surface area contributed by atoms with Crippen molar-refractivity contribution in [3.05, 3.63) is 23.8 Å². The van der Waals surface area contributed by atoms with Gasteiger partial charge >= 0.3 is 0 Å². The first-order chi connectivity index (χ1) is 8.50. The molecule has 0 bridgehead atoms. The molecule has 0 aliphatic carbocycles. The van der Waals surface area contributed by atoms with Crippen molar-refractivity contribution < 1.29 is 8.42 Å². The van der Waals surface area contributed by atoms with E-state index in [2.05, 4.69) is 4.72 Å². The Kier molecular flexibility index (Phi) is 4.19. The molecule has 100 valence electrons. The van der Waals surface area contributed by atoms with Gasteiger partial charge in [0.2, 0.25) is 10.0 Å². The van der Waals surface area contributed by atoms with Crippen LogP contribution < -0.4 is 10.5 Å². The van der Waals surface area contributed by atoms with E-state index in [1.807, 2.05) is 11.8 Å². The summed E-state index contributed by atoms with van der Waals surface area (Å²) >= 11 is 1.88. The SMILES string of the molecule is Cc1cccc(N)c1S(=O)(=O)NCC1CCSC1. The monoisotopic (exact) mass is 286 g/mol. The third kappa shape index (κ3) is 2.99. The van der Waals surface area contributed by atoms with Crippen LogP contribution in [0.3, 0.4) is 0 Å². The molecule has 0 spiro atoms. The maximum Gasteiger partial charge on any atom is 0.242 e. The highest BCUT2D eigenvalue weighted by molar-refractivity contribution is 7.99. The number of benzene rings is 1. The lowest BCUT2D eigenvalue weighted by Crippen LogP contribution is -2.30. The third-order valence-corrected chi connectivity index (χ3v) is 5.97. The summed E-state index contributed by atoms with van der Waals surface area (Å²) in [4.78, 5) is 0.218. The van der Waals surface area contributed by atoms with Crippen molar-refractivity contribution >= 4 is 27.5 Å². The molecule has 4 nitrogen and oxygen atoms in total. The maximum absolute atomic E-state index is 12.2. The van der Waals surface area contributed by atoms with Crippen molar-refractivity contribution in [2.75, 3.05) is 23.8 Å². The van der Waals surface area contributed by atoms with Gasteiger partial charge in [-0.3, -0.25) is 0 Å². The Morgan fingerprint density at radius 1 is 1.50 bits per heavy atom. The second-order valence-corrected chi connectivity index (χ2v) is 7.43. The van der Waals surface area contributed by atoms with Gasteiger partial charge in [0.1, 0.15) is 4.90 Å². The van der Waals surface area contributed by atoms with Gasteiger partial charge in [-0.2, -0.15) is 11.8 Å². The Bertz CT molecular complexity index is 503. The number of anilines is 1. The first kappa shape index (κ1) is 13.7. The minimum Gasteiger partial charge on any atom is -0.398 e. The molecule has 1 aliphatic rings. The number of aryl methyl sites for hydroxylation is 1. The Morgan fingerprint density at radius 2 is 2.28 bits per heavy atom. The molecule has 18 heavy (non-hydrogen) atoms. The predicted molar refractivity (Wildman–Crippen MR) is 76.2 cm³/mol. The fourth-order valence-corrected chi connectivity index (χ4v) is 4.84. The van der Waals surface area contributed by atoms with Gasteiger partial charge in [-0.1, -0.05) is 12.1 Å². The highest BCUT2D eigenvalue weighted by Crippen LogP contribution is 2.25. The van der Waals surface area contributed by atoms with Crippen LogP contribution in [0.15, 0.2) is 23.1 Å². The summed E-state index contributed by atoms with van der Waals surface area (Å²) in [5.41, 5.74) is 6.76.